The summed E-state index contributed by atoms with van der Waals surface area (Å²) in [5, 5.41) is 11.1. The second kappa shape index (κ2) is 10.4. The molecule has 2 aliphatic rings. The molecule has 33 heavy (non-hydrogen) atoms. The summed E-state index contributed by atoms with van der Waals surface area (Å²) in [5.41, 5.74) is 1.17. The van der Waals surface area contributed by atoms with E-state index in [9.17, 15) is 14.7 Å². The summed E-state index contributed by atoms with van der Waals surface area (Å²) in [7, 11) is 0. The predicted octanol–water partition coefficient (Wildman–Crippen LogP) is 2.40. The summed E-state index contributed by atoms with van der Waals surface area (Å²) in [6, 6.07) is 9.58. The Morgan fingerprint density at radius 3 is 2.61 bits per heavy atom. The van der Waals surface area contributed by atoms with E-state index in [1.807, 2.05) is 6.07 Å². The first kappa shape index (κ1) is 22.7. The second-order valence-electron chi connectivity index (χ2n) is 7.86. The van der Waals surface area contributed by atoms with Gasteiger partial charge >= 0.3 is 0 Å². The smallest absolute Gasteiger partial charge is 0.295 e. The van der Waals surface area contributed by atoms with E-state index in [4.69, 9.17) is 9.47 Å². The maximum Gasteiger partial charge on any atom is 0.295 e. The lowest BCUT2D eigenvalue weighted by Crippen LogP contribution is -2.42. The monoisotopic (exact) mass is 449 g/mol. The van der Waals surface area contributed by atoms with Crippen LogP contribution < -0.4 is 4.74 Å². The van der Waals surface area contributed by atoms with Crippen LogP contribution in [0.3, 0.4) is 0 Å². The van der Waals surface area contributed by atoms with Crippen molar-refractivity contribution < 1.29 is 24.2 Å². The second-order valence-corrected chi connectivity index (χ2v) is 7.86. The number of hydrogen-bond acceptors (Lipinski definition) is 7. The van der Waals surface area contributed by atoms with Gasteiger partial charge in [0.05, 0.1) is 24.8 Å². The number of nitrogens with zero attached hydrogens (tertiary/aromatic N) is 3. The highest BCUT2D eigenvalue weighted by Gasteiger charge is 2.46. The van der Waals surface area contributed by atoms with Crippen LogP contribution in [0.2, 0.25) is 0 Å². The number of carbonyl (C=O) groups is 2. The molecule has 2 fully saturated rings. The van der Waals surface area contributed by atoms with Crippen LogP contribution in [0.1, 0.15) is 17.2 Å². The Kier molecular flexibility index (Phi) is 7.16. The van der Waals surface area contributed by atoms with Crippen molar-refractivity contribution in [3.05, 3.63) is 78.1 Å². The summed E-state index contributed by atoms with van der Waals surface area (Å²) in [6.45, 7) is 7.81. The molecular weight excluding hydrogens is 422 g/mol. The first-order valence-corrected chi connectivity index (χ1v) is 10.9. The third kappa shape index (κ3) is 4.97. The molecule has 2 aliphatic heterocycles. The molecule has 3 heterocycles. The van der Waals surface area contributed by atoms with Crippen LogP contribution in [0, 0.1) is 0 Å². The van der Waals surface area contributed by atoms with Crippen LogP contribution in [0.25, 0.3) is 5.76 Å². The molecule has 172 valence electrons. The quantitative estimate of drug-likeness (QED) is 0.286. The number of hydrogen-bond donors (Lipinski definition) is 1. The highest BCUT2D eigenvalue weighted by molar-refractivity contribution is 6.46. The highest BCUT2D eigenvalue weighted by Crippen LogP contribution is 2.39. The molecule has 0 unspecified atom stereocenters. The summed E-state index contributed by atoms with van der Waals surface area (Å²) < 4.78 is 10.9. The van der Waals surface area contributed by atoms with Crippen LogP contribution in [0.4, 0.5) is 0 Å². The van der Waals surface area contributed by atoms with Crippen molar-refractivity contribution in [3.63, 3.8) is 0 Å². The molecule has 2 saturated heterocycles. The average Bonchev–Trinajstić information content (AvgIpc) is 3.12. The third-order valence-electron chi connectivity index (χ3n) is 5.80. The molecular formula is C25H27N3O5. The number of morpholine rings is 1. The number of benzene rings is 1. The van der Waals surface area contributed by atoms with E-state index < -0.39 is 17.7 Å². The molecule has 0 bridgehead atoms. The molecule has 1 aromatic heterocycles. The number of Topliss-reactive ketones (excluding diaryl/α,β-unsaturated/α-hetero) is 1. The Labute approximate surface area is 192 Å². The van der Waals surface area contributed by atoms with E-state index in [1.54, 1.807) is 48.8 Å². The fourth-order valence-corrected chi connectivity index (χ4v) is 4.09. The number of aliphatic hydroxyl groups is 1. The molecule has 0 radical (unpaired) electrons. The standard InChI is InChI=1S/C25H27N3O5/c1-2-14-33-20-7-5-18(6-8-20)23(29)21-22(19-4-3-9-26-17-19)28(25(31)24(21)30)11-10-27-12-15-32-16-13-27/h2-9,17,22,29H,1,10-16H2/b23-21+/t22-/m0/s1. The molecule has 0 aliphatic carbocycles. The average molecular weight is 450 g/mol. The lowest BCUT2D eigenvalue weighted by atomic mass is 9.96. The Balaban J connectivity index is 1.66. The zero-order valence-corrected chi connectivity index (χ0v) is 18.4. The van der Waals surface area contributed by atoms with Crippen LogP contribution in [0.5, 0.6) is 5.75 Å². The minimum atomic E-state index is -0.712. The minimum absolute atomic E-state index is 0.0646. The fourth-order valence-electron chi connectivity index (χ4n) is 4.09. The van der Waals surface area contributed by atoms with Crippen molar-refractivity contribution >= 4 is 17.4 Å². The van der Waals surface area contributed by atoms with Gasteiger partial charge in [-0.1, -0.05) is 18.7 Å². The molecule has 8 heteroatoms. The number of ether oxygens (including phenoxy) is 2. The van der Waals surface area contributed by atoms with Crippen LogP contribution in [-0.2, 0) is 14.3 Å². The van der Waals surface area contributed by atoms with Gasteiger partial charge in [-0.2, -0.15) is 0 Å². The van der Waals surface area contributed by atoms with Crippen molar-refractivity contribution in [1.29, 1.82) is 0 Å². The first-order valence-electron chi connectivity index (χ1n) is 10.9. The van der Waals surface area contributed by atoms with Crippen molar-refractivity contribution in [2.75, 3.05) is 46.0 Å². The van der Waals surface area contributed by atoms with Gasteiger partial charge in [0.25, 0.3) is 11.7 Å². The van der Waals surface area contributed by atoms with Crippen LogP contribution in [0.15, 0.2) is 67.0 Å². The number of likely N-dealkylation sites (tertiary alicyclic amines) is 1. The van der Waals surface area contributed by atoms with Crippen LogP contribution >= 0.6 is 0 Å². The third-order valence-corrected chi connectivity index (χ3v) is 5.80. The maximum absolute atomic E-state index is 13.1. The molecule has 0 spiro atoms. The Morgan fingerprint density at radius 2 is 1.94 bits per heavy atom. The van der Waals surface area contributed by atoms with E-state index in [2.05, 4.69) is 16.5 Å². The van der Waals surface area contributed by atoms with Crippen molar-refractivity contribution in [3.8, 4) is 5.75 Å². The Hall–Kier alpha value is -3.49. The number of rotatable bonds is 8. The lowest BCUT2D eigenvalue weighted by molar-refractivity contribution is -0.140. The summed E-state index contributed by atoms with van der Waals surface area (Å²) in [4.78, 5) is 34.0. The molecule has 2 aromatic rings. The Bertz CT molecular complexity index is 1030. The number of aliphatic hydroxyl groups excluding tert-OH is 1. The molecule has 8 nitrogen and oxygen atoms in total. The van der Waals surface area contributed by atoms with Crippen molar-refractivity contribution in [2.24, 2.45) is 0 Å². The highest BCUT2D eigenvalue weighted by atomic mass is 16.5. The van der Waals surface area contributed by atoms with E-state index in [0.29, 0.717) is 49.8 Å². The fraction of sp³-hybridized carbons (Fsp3) is 0.320. The van der Waals surface area contributed by atoms with Gasteiger partial charge in [-0.05, 0) is 35.9 Å². The van der Waals surface area contributed by atoms with Gasteiger partial charge in [0.2, 0.25) is 0 Å². The van der Waals surface area contributed by atoms with Gasteiger partial charge in [0, 0.05) is 44.1 Å². The number of carbonyl (C=O) groups excluding carboxylic acids is 2. The summed E-state index contributed by atoms with van der Waals surface area (Å²) in [5.74, 6) is -0.924. The number of amides is 1. The summed E-state index contributed by atoms with van der Waals surface area (Å²) >= 11 is 0. The summed E-state index contributed by atoms with van der Waals surface area (Å²) in [6.07, 6.45) is 4.89. The van der Waals surface area contributed by atoms with E-state index in [-0.39, 0.29) is 11.3 Å². The number of pyridine rings is 1. The van der Waals surface area contributed by atoms with E-state index >= 15 is 0 Å². The topological polar surface area (TPSA) is 92.2 Å². The van der Waals surface area contributed by atoms with Gasteiger partial charge in [0.1, 0.15) is 18.1 Å². The normalized spacial score (nSPS) is 20.7. The number of aromatic nitrogens is 1. The molecule has 0 saturated carbocycles. The van der Waals surface area contributed by atoms with E-state index in [0.717, 1.165) is 13.1 Å². The molecule has 4 rings (SSSR count). The van der Waals surface area contributed by atoms with Gasteiger partial charge in [-0.25, -0.2) is 0 Å². The van der Waals surface area contributed by atoms with E-state index in [1.165, 1.54) is 4.90 Å². The van der Waals surface area contributed by atoms with Crippen molar-refractivity contribution in [1.82, 2.24) is 14.8 Å². The zero-order valence-electron chi connectivity index (χ0n) is 18.4. The zero-order chi connectivity index (χ0) is 23.2. The van der Waals surface area contributed by atoms with Gasteiger partial charge in [-0.15, -0.1) is 0 Å². The first-order chi connectivity index (χ1) is 16.1. The lowest BCUT2D eigenvalue weighted by Gasteiger charge is -2.30. The predicted molar refractivity (Wildman–Crippen MR) is 123 cm³/mol. The molecule has 1 N–H and O–H groups in total. The van der Waals surface area contributed by atoms with Gasteiger partial charge in [-0.3, -0.25) is 19.5 Å². The minimum Gasteiger partial charge on any atom is -0.507 e. The molecule has 1 aromatic carbocycles. The largest absolute Gasteiger partial charge is 0.507 e. The van der Waals surface area contributed by atoms with Gasteiger partial charge in [0.15, 0.2) is 0 Å². The molecule has 1 atom stereocenters. The van der Waals surface area contributed by atoms with Crippen LogP contribution in [-0.4, -0.2) is 77.6 Å². The number of ketones is 1. The Morgan fingerprint density at radius 1 is 1.18 bits per heavy atom. The molecule has 1 amide bonds. The van der Waals surface area contributed by atoms with Crippen molar-refractivity contribution in [2.45, 2.75) is 6.04 Å². The maximum atomic E-state index is 13.1. The SMILES string of the molecule is C=CCOc1ccc(/C(O)=C2\C(=O)C(=O)N(CCN3CCOCC3)[C@H]2c2cccnc2)cc1. The van der Waals surface area contributed by atoms with Gasteiger partial charge < -0.3 is 19.5 Å².